The van der Waals surface area contributed by atoms with Gasteiger partial charge in [-0.05, 0) is 11.8 Å². The standard InChI is InChI=1S/C12H20O2S4/c1-4-7-15-16-8-5-6-11-9(2)10(3)12(17-13)18(11)14/h4-6,9-13H,1,7-8H2,2-3H3/b6-5+/t9-,10+,11-,12-,18?/m1/s1. The van der Waals surface area contributed by atoms with Gasteiger partial charge in [0.25, 0.3) is 0 Å². The van der Waals surface area contributed by atoms with Crippen LogP contribution in [0.2, 0.25) is 0 Å². The zero-order chi connectivity index (χ0) is 13.5. The summed E-state index contributed by atoms with van der Waals surface area (Å²) in [5.74, 6) is 2.52. The van der Waals surface area contributed by atoms with Gasteiger partial charge in [-0.2, -0.15) is 0 Å². The number of rotatable bonds is 7. The lowest BCUT2D eigenvalue weighted by molar-refractivity contribution is 0.447. The predicted molar refractivity (Wildman–Crippen MR) is 88.5 cm³/mol. The minimum absolute atomic E-state index is 0.0784. The van der Waals surface area contributed by atoms with E-state index in [2.05, 4.69) is 32.6 Å². The number of hydrogen-bond donors (Lipinski definition) is 1. The van der Waals surface area contributed by atoms with Gasteiger partial charge < -0.3 is 4.55 Å². The van der Waals surface area contributed by atoms with Crippen LogP contribution in [0.1, 0.15) is 13.8 Å². The van der Waals surface area contributed by atoms with Crippen molar-refractivity contribution in [2.24, 2.45) is 11.8 Å². The van der Waals surface area contributed by atoms with Gasteiger partial charge in [0.05, 0.1) is 5.25 Å². The van der Waals surface area contributed by atoms with Crippen LogP contribution in [-0.4, -0.2) is 30.1 Å². The minimum Gasteiger partial charge on any atom is -0.329 e. The van der Waals surface area contributed by atoms with E-state index < -0.39 is 10.8 Å². The predicted octanol–water partition coefficient (Wildman–Crippen LogP) is 4.05. The molecule has 104 valence electrons. The molecule has 0 saturated carbocycles. The Hall–Kier alpha value is 0.640. The quantitative estimate of drug-likeness (QED) is 0.331. The van der Waals surface area contributed by atoms with E-state index in [0.717, 1.165) is 23.5 Å². The van der Waals surface area contributed by atoms with Crippen molar-refractivity contribution in [3.8, 4) is 0 Å². The van der Waals surface area contributed by atoms with Gasteiger partial charge in [-0.3, -0.25) is 4.21 Å². The maximum absolute atomic E-state index is 12.2. The Labute approximate surface area is 125 Å². The molecule has 0 spiro atoms. The number of hydrogen-bond acceptors (Lipinski definition) is 5. The fourth-order valence-corrected chi connectivity index (χ4v) is 6.55. The Kier molecular flexibility index (Phi) is 8.11. The van der Waals surface area contributed by atoms with E-state index in [1.807, 2.05) is 6.08 Å². The molecule has 1 aliphatic heterocycles. The van der Waals surface area contributed by atoms with E-state index in [4.69, 9.17) is 0 Å². The summed E-state index contributed by atoms with van der Waals surface area (Å²) < 4.78 is 21.2. The van der Waals surface area contributed by atoms with Crippen LogP contribution in [0.25, 0.3) is 0 Å². The van der Waals surface area contributed by atoms with Gasteiger partial charge in [0, 0.05) is 34.3 Å². The van der Waals surface area contributed by atoms with Crippen molar-refractivity contribution >= 4 is 44.4 Å². The van der Waals surface area contributed by atoms with Crippen LogP contribution < -0.4 is 0 Å². The monoisotopic (exact) mass is 324 g/mol. The Morgan fingerprint density at radius 3 is 2.50 bits per heavy atom. The van der Waals surface area contributed by atoms with Gasteiger partial charge in [0.15, 0.2) is 0 Å². The van der Waals surface area contributed by atoms with Gasteiger partial charge >= 0.3 is 0 Å². The Bertz CT molecular complexity index is 319. The first-order chi connectivity index (χ1) is 8.63. The van der Waals surface area contributed by atoms with Crippen LogP contribution in [0, 0.1) is 11.8 Å². The Balaban J connectivity index is 2.44. The molecule has 1 unspecified atom stereocenters. The van der Waals surface area contributed by atoms with E-state index in [0.29, 0.717) is 11.8 Å². The second-order valence-electron chi connectivity index (χ2n) is 4.27. The highest BCUT2D eigenvalue weighted by molar-refractivity contribution is 8.76. The van der Waals surface area contributed by atoms with Gasteiger partial charge in [-0.25, -0.2) is 0 Å². The highest BCUT2D eigenvalue weighted by Crippen LogP contribution is 2.40. The first-order valence-corrected chi connectivity index (χ1v) is 10.4. The topological polar surface area (TPSA) is 37.3 Å². The molecule has 0 aliphatic carbocycles. The van der Waals surface area contributed by atoms with Crippen LogP contribution in [-0.2, 0) is 10.8 Å². The molecule has 1 rings (SSSR count). The molecule has 1 heterocycles. The SMILES string of the molecule is C=CCSSC/C=C/[C@@H]1[C@H](C)[C@H](C)[C@H](SO)S1=O. The van der Waals surface area contributed by atoms with Gasteiger partial charge in [0.2, 0.25) is 0 Å². The molecule has 1 saturated heterocycles. The Morgan fingerprint density at radius 2 is 1.94 bits per heavy atom. The molecule has 0 aromatic rings. The molecule has 0 amide bonds. The van der Waals surface area contributed by atoms with Crippen LogP contribution >= 0.6 is 33.6 Å². The zero-order valence-corrected chi connectivity index (χ0v) is 13.9. The normalized spacial score (nSPS) is 36.3. The molecular formula is C12H20O2S4. The molecule has 2 nitrogen and oxygen atoms in total. The molecule has 0 aromatic carbocycles. The van der Waals surface area contributed by atoms with Crippen LogP contribution in [0.5, 0.6) is 0 Å². The summed E-state index contributed by atoms with van der Waals surface area (Å²) in [5.41, 5.74) is 0. The van der Waals surface area contributed by atoms with Gasteiger partial charge in [-0.1, -0.05) is 53.7 Å². The molecule has 0 bridgehead atoms. The van der Waals surface area contributed by atoms with Crippen molar-refractivity contribution in [1.29, 1.82) is 0 Å². The fourth-order valence-electron chi connectivity index (χ4n) is 1.89. The Morgan fingerprint density at radius 1 is 1.28 bits per heavy atom. The molecular weight excluding hydrogens is 304 g/mol. The first kappa shape index (κ1) is 16.7. The first-order valence-electron chi connectivity index (χ1n) is 5.85. The second kappa shape index (κ2) is 8.74. The van der Waals surface area contributed by atoms with Crippen molar-refractivity contribution in [1.82, 2.24) is 0 Å². The molecule has 0 radical (unpaired) electrons. The van der Waals surface area contributed by atoms with Crippen molar-refractivity contribution < 1.29 is 8.76 Å². The second-order valence-corrected chi connectivity index (χ2v) is 9.55. The van der Waals surface area contributed by atoms with Gasteiger partial charge in [0.1, 0.15) is 4.58 Å². The average molecular weight is 325 g/mol. The fraction of sp³-hybridized carbons (Fsp3) is 0.667. The maximum Gasteiger partial charge on any atom is 0.109 e. The summed E-state index contributed by atoms with van der Waals surface area (Å²) in [6, 6.07) is 0. The third-order valence-corrected chi connectivity index (χ3v) is 8.80. The maximum atomic E-state index is 12.2. The molecule has 1 fully saturated rings. The van der Waals surface area contributed by atoms with E-state index in [-0.39, 0.29) is 9.83 Å². The minimum atomic E-state index is -0.974. The van der Waals surface area contributed by atoms with Crippen molar-refractivity contribution in [3.05, 3.63) is 24.8 Å². The van der Waals surface area contributed by atoms with Crippen LogP contribution in [0.4, 0.5) is 0 Å². The highest BCUT2D eigenvalue weighted by atomic mass is 33.1. The van der Waals surface area contributed by atoms with Gasteiger partial charge in [-0.15, -0.1) is 6.58 Å². The molecule has 6 heteroatoms. The lowest BCUT2D eigenvalue weighted by Crippen LogP contribution is -2.14. The summed E-state index contributed by atoms with van der Waals surface area (Å²) in [6.45, 7) is 7.86. The molecule has 0 aromatic heterocycles. The van der Waals surface area contributed by atoms with Crippen molar-refractivity contribution in [3.63, 3.8) is 0 Å². The van der Waals surface area contributed by atoms with E-state index >= 15 is 0 Å². The zero-order valence-electron chi connectivity index (χ0n) is 10.7. The van der Waals surface area contributed by atoms with Crippen molar-refractivity contribution in [2.75, 3.05) is 11.5 Å². The highest BCUT2D eigenvalue weighted by Gasteiger charge is 2.43. The third kappa shape index (κ3) is 4.34. The summed E-state index contributed by atoms with van der Waals surface area (Å²) >= 11 is 0.752. The largest absolute Gasteiger partial charge is 0.329 e. The molecule has 1 aliphatic rings. The molecule has 5 atom stereocenters. The van der Waals surface area contributed by atoms with E-state index in [9.17, 15) is 8.76 Å². The summed E-state index contributed by atoms with van der Waals surface area (Å²) in [6.07, 6.45) is 6.05. The lowest BCUT2D eigenvalue weighted by atomic mass is 9.94. The van der Waals surface area contributed by atoms with E-state index in [1.54, 1.807) is 21.6 Å². The third-order valence-electron chi connectivity index (χ3n) is 3.14. The molecule has 18 heavy (non-hydrogen) atoms. The van der Waals surface area contributed by atoms with Crippen LogP contribution in [0.15, 0.2) is 24.8 Å². The molecule has 1 N–H and O–H groups in total. The summed E-state index contributed by atoms with van der Waals surface area (Å²) in [4.78, 5) is 0. The summed E-state index contributed by atoms with van der Waals surface area (Å²) in [7, 11) is 2.57. The average Bonchev–Trinajstić information content (AvgIpc) is 2.56. The summed E-state index contributed by atoms with van der Waals surface area (Å²) in [5, 5.41) is 0.0784. The van der Waals surface area contributed by atoms with Crippen molar-refractivity contribution in [2.45, 2.75) is 23.7 Å². The smallest absolute Gasteiger partial charge is 0.109 e. The van der Waals surface area contributed by atoms with E-state index in [1.165, 1.54) is 0 Å². The lowest BCUT2D eigenvalue weighted by Gasteiger charge is -2.13. The van der Waals surface area contributed by atoms with Crippen LogP contribution in [0.3, 0.4) is 0 Å².